The van der Waals surface area contributed by atoms with Crippen LogP contribution in [0.25, 0.3) is 11.3 Å². The van der Waals surface area contributed by atoms with Gasteiger partial charge < -0.3 is 10.5 Å². The second-order valence-electron chi connectivity index (χ2n) is 3.48. The van der Waals surface area contributed by atoms with Gasteiger partial charge in [-0.1, -0.05) is 12.1 Å². The highest BCUT2D eigenvalue weighted by Gasteiger charge is 2.12. The topological polar surface area (TPSA) is 63.9 Å². The summed E-state index contributed by atoms with van der Waals surface area (Å²) in [6, 6.07) is 5.78. The molecule has 0 unspecified atom stereocenters. The normalized spacial score (nSPS) is 10.4. The summed E-state index contributed by atoms with van der Waals surface area (Å²) in [5.74, 6) is 1.30. The molecular formula is C11H12BrN3O. The summed E-state index contributed by atoms with van der Waals surface area (Å²) >= 11 is 3.52. The second-order valence-corrected chi connectivity index (χ2v) is 4.28. The van der Waals surface area contributed by atoms with Crippen molar-refractivity contribution >= 4 is 21.7 Å². The van der Waals surface area contributed by atoms with Gasteiger partial charge in [0.15, 0.2) is 0 Å². The van der Waals surface area contributed by atoms with Crippen LogP contribution in [0.1, 0.15) is 5.56 Å². The number of anilines is 1. The lowest BCUT2D eigenvalue weighted by molar-refractivity contribution is 0.409. The summed E-state index contributed by atoms with van der Waals surface area (Å²) in [6.07, 6.45) is 0. The van der Waals surface area contributed by atoms with Crippen LogP contribution in [0, 0.1) is 6.92 Å². The number of rotatable bonds is 2. The molecule has 0 radical (unpaired) electrons. The Morgan fingerprint density at radius 2 is 2.19 bits per heavy atom. The minimum atomic E-state index is 0.474. The van der Waals surface area contributed by atoms with Gasteiger partial charge >= 0.3 is 0 Å². The number of nitrogens with two attached hydrogens (primary N) is 1. The first-order valence-electron chi connectivity index (χ1n) is 4.78. The zero-order chi connectivity index (χ0) is 11.7. The number of halogens is 1. The van der Waals surface area contributed by atoms with E-state index in [0.717, 1.165) is 27.0 Å². The Bertz CT molecular complexity index is 522. The smallest absolute Gasteiger partial charge is 0.145 e. The van der Waals surface area contributed by atoms with Crippen molar-refractivity contribution in [2.45, 2.75) is 6.92 Å². The monoisotopic (exact) mass is 281 g/mol. The van der Waals surface area contributed by atoms with Crippen molar-refractivity contribution in [2.24, 2.45) is 0 Å². The number of hydrogen-bond acceptors (Lipinski definition) is 3. The molecule has 3 N–H and O–H groups in total. The largest absolute Gasteiger partial charge is 0.495 e. The number of ether oxygens (including phenoxy) is 1. The van der Waals surface area contributed by atoms with Gasteiger partial charge in [-0.25, -0.2) is 0 Å². The van der Waals surface area contributed by atoms with Crippen molar-refractivity contribution in [3.05, 3.63) is 28.2 Å². The van der Waals surface area contributed by atoms with Gasteiger partial charge in [0.2, 0.25) is 0 Å². The van der Waals surface area contributed by atoms with E-state index in [4.69, 9.17) is 10.5 Å². The molecular weight excluding hydrogens is 270 g/mol. The van der Waals surface area contributed by atoms with E-state index in [1.54, 1.807) is 13.2 Å². The maximum Gasteiger partial charge on any atom is 0.145 e. The molecule has 1 aromatic carbocycles. The van der Waals surface area contributed by atoms with Crippen LogP contribution in [0.2, 0.25) is 0 Å². The fraction of sp³-hybridized carbons (Fsp3) is 0.182. The van der Waals surface area contributed by atoms with Crippen LogP contribution >= 0.6 is 15.9 Å². The van der Waals surface area contributed by atoms with Crippen molar-refractivity contribution in [3.63, 3.8) is 0 Å². The summed E-state index contributed by atoms with van der Waals surface area (Å²) in [5, 5.41) is 6.78. The first-order chi connectivity index (χ1) is 7.63. The van der Waals surface area contributed by atoms with Gasteiger partial charge in [0, 0.05) is 11.6 Å². The molecule has 16 heavy (non-hydrogen) atoms. The standard InChI is InChI=1S/C11H12BrN3O/c1-6-3-4-7(10(12)11(6)16-2)8-5-9(13)15-14-8/h3-5H,1-2H3,(H3,13,14,15). The Morgan fingerprint density at radius 3 is 2.75 bits per heavy atom. The molecule has 0 saturated heterocycles. The summed E-state index contributed by atoms with van der Waals surface area (Å²) in [7, 11) is 1.65. The van der Waals surface area contributed by atoms with E-state index in [-0.39, 0.29) is 0 Å². The highest BCUT2D eigenvalue weighted by Crippen LogP contribution is 2.37. The fourth-order valence-corrected chi connectivity index (χ4v) is 2.41. The summed E-state index contributed by atoms with van der Waals surface area (Å²) in [5.41, 5.74) is 8.49. The predicted octanol–water partition coefficient (Wildman–Crippen LogP) is 2.74. The first kappa shape index (κ1) is 11.0. The van der Waals surface area contributed by atoms with Crippen molar-refractivity contribution in [3.8, 4) is 17.0 Å². The molecule has 0 aliphatic carbocycles. The summed E-state index contributed by atoms with van der Waals surface area (Å²) in [6.45, 7) is 1.99. The van der Waals surface area contributed by atoms with Crippen LogP contribution < -0.4 is 10.5 Å². The molecule has 2 rings (SSSR count). The molecule has 1 heterocycles. The number of aromatic amines is 1. The third-order valence-corrected chi connectivity index (χ3v) is 3.17. The Labute approximate surface area is 102 Å². The molecule has 1 aromatic heterocycles. The number of benzene rings is 1. The van der Waals surface area contributed by atoms with Gasteiger partial charge in [-0.2, -0.15) is 5.10 Å². The van der Waals surface area contributed by atoms with Gasteiger partial charge in [-0.05, 0) is 28.4 Å². The number of aromatic nitrogens is 2. The Kier molecular flexibility index (Phi) is 2.87. The number of aryl methyl sites for hydroxylation is 1. The molecule has 0 saturated carbocycles. The van der Waals surface area contributed by atoms with Crippen molar-refractivity contribution < 1.29 is 4.74 Å². The minimum absolute atomic E-state index is 0.474. The molecule has 0 aliphatic heterocycles. The van der Waals surface area contributed by atoms with E-state index >= 15 is 0 Å². The maximum absolute atomic E-state index is 5.58. The molecule has 0 atom stereocenters. The van der Waals surface area contributed by atoms with Crippen molar-refractivity contribution in [2.75, 3.05) is 12.8 Å². The fourth-order valence-electron chi connectivity index (χ4n) is 1.59. The zero-order valence-corrected chi connectivity index (χ0v) is 10.6. The highest BCUT2D eigenvalue weighted by atomic mass is 79.9. The lowest BCUT2D eigenvalue weighted by Crippen LogP contribution is -1.91. The average molecular weight is 282 g/mol. The van der Waals surface area contributed by atoms with E-state index in [0.29, 0.717) is 5.82 Å². The maximum atomic E-state index is 5.58. The van der Waals surface area contributed by atoms with Crippen LogP contribution in [-0.4, -0.2) is 17.3 Å². The number of nitrogens with one attached hydrogen (secondary N) is 1. The Morgan fingerprint density at radius 1 is 1.44 bits per heavy atom. The van der Waals surface area contributed by atoms with Gasteiger partial charge in [-0.15, -0.1) is 0 Å². The minimum Gasteiger partial charge on any atom is -0.495 e. The van der Waals surface area contributed by atoms with Gasteiger partial charge in [0.25, 0.3) is 0 Å². The molecule has 2 aromatic rings. The quantitative estimate of drug-likeness (QED) is 0.890. The first-order valence-corrected chi connectivity index (χ1v) is 5.57. The lowest BCUT2D eigenvalue weighted by atomic mass is 10.1. The lowest BCUT2D eigenvalue weighted by Gasteiger charge is -2.10. The number of hydrogen-bond donors (Lipinski definition) is 2. The molecule has 0 fully saturated rings. The molecule has 84 valence electrons. The van der Waals surface area contributed by atoms with Crippen molar-refractivity contribution in [1.29, 1.82) is 0 Å². The SMILES string of the molecule is COc1c(C)ccc(-c2cc(N)n[nH]2)c1Br. The third kappa shape index (κ3) is 1.78. The molecule has 0 spiro atoms. The van der Waals surface area contributed by atoms with E-state index in [1.165, 1.54) is 0 Å². The molecule has 0 amide bonds. The van der Waals surface area contributed by atoms with E-state index < -0.39 is 0 Å². The summed E-state index contributed by atoms with van der Waals surface area (Å²) < 4.78 is 6.23. The van der Waals surface area contributed by atoms with Gasteiger partial charge in [0.1, 0.15) is 11.6 Å². The molecule has 4 nitrogen and oxygen atoms in total. The number of H-pyrrole nitrogens is 1. The molecule has 0 aliphatic rings. The van der Waals surface area contributed by atoms with Crippen LogP contribution in [0.15, 0.2) is 22.7 Å². The van der Waals surface area contributed by atoms with Crippen LogP contribution in [0.3, 0.4) is 0 Å². The van der Waals surface area contributed by atoms with E-state index in [9.17, 15) is 0 Å². The van der Waals surface area contributed by atoms with Gasteiger partial charge in [-0.3, -0.25) is 5.10 Å². The third-order valence-electron chi connectivity index (χ3n) is 2.39. The van der Waals surface area contributed by atoms with Gasteiger partial charge in [0.05, 0.1) is 17.3 Å². The Balaban J connectivity index is 2.58. The number of nitrogen functional groups attached to an aromatic ring is 1. The van der Waals surface area contributed by atoms with E-state index in [2.05, 4.69) is 26.1 Å². The second kappa shape index (κ2) is 4.17. The number of methoxy groups -OCH3 is 1. The average Bonchev–Trinajstić information content (AvgIpc) is 2.65. The van der Waals surface area contributed by atoms with Crippen LogP contribution in [0.5, 0.6) is 5.75 Å². The predicted molar refractivity (Wildman–Crippen MR) is 67.4 cm³/mol. The van der Waals surface area contributed by atoms with Crippen molar-refractivity contribution in [1.82, 2.24) is 10.2 Å². The van der Waals surface area contributed by atoms with Crippen LogP contribution in [-0.2, 0) is 0 Å². The molecule has 0 bridgehead atoms. The highest BCUT2D eigenvalue weighted by molar-refractivity contribution is 9.10. The summed E-state index contributed by atoms with van der Waals surface area (Å²) in [4.78, 5) is 0. The Hall–Kier alpha value is -1.49. The number of nitrogens with zero attached hydrogens (tertiary/aromatic N) is 1. The van der Waals surface area contributed by atoms with E-state index in [1.807, 2.05) is 19.1 Å². The molecule has 5 heteroatoms. The zero-order valence-electron chi connectivity index (χ0n) is 9.04. The van der Waals surface area contributed by atoms with Crippen LogP contribution in [0.4, 0.5) is 5.82 Å².